The summed E-state index contributed by atoms with van der Waals surface area (Å²) in [6.07, 6.45) is 1.73. The Morgan fingerprint density at radius 3 is 2.12 bits per heavy atom. The van der Waals surface area contributed by atoms with Gasteiger partial charge in [-0.25, -0.2) is 0 Å². The zero-order valence-electron chi connectivity index (χ0n) is 11.4. The highest BCUT2D eigenvalue weighted by molar-refractivity contribution is 4.89. The van der Waals surface area contributed by atoms with E-state index >= 15 is 0 Å². The van der Waals surface area contributed by atoms with Crippen LogP contribution in [-0.4, -0.2) is 46.9 Å². The molecule has 0 amide bonds. The molecule has 0 aromatic rings. The van der Waals surface area contributed by atoms with Crippen LogP contribution >= 0.6 is 0 Å². The third kappa shape index (κ3) is 4.40. The number of rotatable bonds is 4. The summed E-state index contributed by atoms with van der Waals surface area (Å²) >= 11 is 0. The maximum absolute atomic E-state index is 9.86. The fourth-order valence-electron chi connectivity index (χ4n) is 2.80. The third-order valence-corrected chi connectivity index (χ3v) is 2.85. The Morgan fingerprint density at radius 1 is 1.19 bits per heavy atom. The molecule has 1 aliphatic heterocycles. The predicted octanol–water partition coefficient (Wildman–Crippen LogP) is 2.04. The highest BCUT2D eigenvalue weighted by Crippen LogP contribution is 2.28. The van der Waals surface area contributed by atoms with E-state index in [0.717, 1.165) is 32.5 Å². The van der Waals surface area contributed by atoms with Crippen LogP contribution in [-0.2, 0) is 4.74 Å². The van der Waals surface area contributed by atoms with Gasteiger partial charge in [0, 0.05) is 19.6 Å². The molecular formula is C13H27NO2. The van der Waals surface area contributed by atoms with Gasteiger partial charge in [-0.3, -0.25) is 4.90 Å². The van der Waals surface area contributed by atoms with E-state index < -0.39 is 0 Å². The molecule has 1 saturated heterocycles. The van der Waals surface area contributed by atoms with Gasteiger partial charge in [-0.15, -0.1) is 0 Å². The molecule has 1 N–H and O–H groups in total. The van der Waals surface area contributed by atoms with Crippen molar-refractivity contribution in [2.24, 2.45) is 0 Å². The summed E-state index contributed by atoms with van der Waals surface area (Å²) in [4.78, 5) is 2.32. The third-order valence-electron chi connectivity index (χ3n) is 2.85. The summed E-state index contributed by atoms with van der Waals surface area (Å²) in [5, 5.41) is 9.86. The number of hydrogen-bond acceptors (Lipinski definition) is 3. The minimum Gasteiger partial charge on any atom is -0.392 e. The van der Waals surface area contributed by atoms with Crippen LogP contribution in [0.25, 0.3) is 0 Å². The maximum atomic E-state index is 9.86. The molecule has 0 saturated carbocycles. The number of β-amino-alcohol motifs (C(OH)–C–C–N with tert-alkyl or cyclic N) is 1. The average Bonchev–Trinajstić information content (AvgIpc) is 1.96. The summed E-state index contributed by atoms with van der Waals surface area (Å²) in [5.74, 6) is 0. The van der Waals surface area contributed by atoms with Gasteiger partial charge in [0.15, 0.2) is 0 Å². The van der Waals surface area contributed by atoms with Gasteiger partial charge < -0.3 is 9.84 Å². The first kappa shape index (κ1) is 13.9. The molecule has 0 bridgehead atoms. The van der Waals surface area contributed by atoms with Gasteiger partial charge in [0.2, 0.25) is 0 Å². The first-order valence-corrected chi connectivity index (χ1v) is 6.35. The van der Waals surface area contributed by atoms with E-state index in [1.165, 1.54) is 0 Å². The van der Waals surface area contributed by atoms with Gasteiger partial charge in [-0.05, 0) is 34.1 Å². The number of morpholine rings is 1. The minimum atomic E-state index is -0.199. The second-order valence-corrected chi connectivity index (χ2v) is 6.23. The fourth-order valence-corrected chi connectivity index (χ4v) is 2.80. The number of hydrogen-bond donors (Lipinski definition) is 1. The lowest BCUT2D eigenvalue weighted by Crippen LogP contribution is -2.58. The number of ether oxygens (including phenoxy) is 1. The quantitative estimate of drug-likeness (QED) is 0.800. The largest absolute Gasteiger partial charge is 0.392 e. The zero-order chi connectivity index (χ0) is 12.4. The topological polar surface area (TPSA) is 32.7 Å². The average molecular weight is 229 g/mol. The molecule has 1 aliphatic rings. The molecule has 96 valence electrons. The minimum absolute atomic E-state index is 0.117. The molecule has 0 spiro atoms. The van der Waals surface area contributed by atoms with Crippen LogP contribution in [0.15, 0.2) is 0 Å². The van der Waals surface area contributed by atoms with Crippen molar-refractivity contribution in [3.63, 3.8) is 0 Å². The molecule has 1 atom stereocenters. The van der Waals surface area contributed by atoms with Gasteiger partial charge in [-0.1, -0.05) is 13.3 Å². The SMILES string of the molecule is CCCC(O)CN1CC(C)(C)OC(C)(C)C1. The standard InChI is InChI=1S/C13H27NO2/c1-6-7-11(15)8-14-9-12(2,3)16-13(4,5)10-14/h11,15H,6-10H2,1-5H3. The molecule has 1 rings (SSSR count). The van der Waals surface area contributed by atoms with Crippen LogP contribution in [0.2, 0.25) is 0 Å². The Morgan fingerprint density at radius 2 is 1.69 bits per heavy atom. The van der Waals surface area contributed by atoms with Crippen molar-refractivity contribution in [2.45, 2.75) is 64.8 Å². The first-order valence-electron chi connectivity index (χ1n) is 6.35. The van der Waals surface area contributed by atoms with Crippen molar-refractivity contribution in [2.75, 3.05) is 19.6 Å². The number of nitrogens with zero attached hydrogens (tertiary/aromatic N) is 1. The lowest BCUT2D eigenvalue weighted by Gasteiger charge is -2.47. The highest BCUT2D eigenvalue weighted by Gasteiger charge is 2.38. The van der Waals surface area contributed by atoms with E-state index in [1.54, 1.807) is 0 Å². The Hall–Kier alpha value is -0.120. The zero-order valence-corrected chi connectivity index (χ0v) is 11.4. The van der Waals surface area contributed by atoms with E-state index in [-0.39, 0.29) is 17.3 Å². The van der Waals surface area contributed by atoms with Crippen molar-refractivity contribution < 1.29 is 9.84 Å². The second kappa shape index (κ2) is 5.03. The molecule has 3 heteroatoms. The molecule has 3 nitrogen and oxygen atoms in total. The summed E-state index contributed by atoms with van der Waals surface area (Å²) in [5.41, 5.74) is -0.235. The Labute approximate surface area is 99.8 Å². The van der Waals surface area contributed by atoms with Crippen LogP contribution in [0.5, 0.6) is 0 Å². The summed E-state index contributed by atoms with van der Waals surface area (Å²) in [7, 11) is 0. The van der Waals surface area contributed by atoms with E-state index in [1.807, 2.05) is 0 Å². The lowest BCUT2D eigenvalue weighted by atomic mass is 9.98. The van der Waals surface area contributed by atoms with Crippen molar-refractivity contribution in [3.8, 4) is 0 Å². The van der Waals surface area contributed by atoms with Crippen molar-refractivity contribution >= 4 is 0 Å². The molecular weight excluding hydrogens is 202 g/mol. The van der Waals surface area contributed by atoms with E-state index in [9.17, 15) is 5.11 Å². The predicted molar refractivity (Wildman–Crippen MR) is 66.6 cm³/mol. The van der Waals surface area contributed by atoms with E-state index in [4.69, 9.17) is 4.74 Å². The summed E-state index contributed by atoms with van der Waals surface area (Å²) in [6.45, 7) is 13.1. The smallest absolute Gasteiger partial charge is 0.0760 e. The number of aliphatic hydroxyl groups is 1. The number of aliphatic hydroxyl groups excluding tert-OH is 1. The Kier molecular flexibility index (Phi) is 4.38. The van der Waals surface area contributed by atoms with Gasteiger partial charge >= 0.3 is 0 Å². The van der Waals surface area contributed by atoms with Crippen LogP contribution in [0, 0.1) is 0 Å². The van der Waals surface area contributed by atoms with Gasteiger partial charge in [-0.2, -0.15) is 0 Å². The van der Waals surface area contributed by atoms with Crippen LogP contribution in [0.4, 0.5) is 0 Å². The highest BCUT2D eigenvalue weighted by atomic mass is 16.5. The Balaban J connectivity index is 2.54. The molecule has 0 aromatic heterocycles. The molecule has 1 heterocycles. The fraction of sp³-hybridized carbons (Fsp3) is 1.00. The van der Waals surface area contributed by atoms with Gasteiger partial charge in [0.25, 0.3) is 0 Å². The van der Waals surface area contributed by atoms with Crippen LogP contribution < -0.4 is 0 Å². The second-order valence-electron chi connectivity index (χ2n) is 6.23. The summed E-state index contributed by atoms with van der Waals surface area (Å²) < 4.78 is 6.01. The van der Waals surface area contributed by atoms with Crippen molar-refractivity contribution in [1.82, 2.24) is 4.90 Å². The molecule has 1 fully saturated rings. The van der Waals surface area contributed by atoms with Gasteiger partial charge in [0.1, 0.15) is 0 Å². The Bertz CT molecular complexity index is 210. The summed E-state index contributed by atoms with van der Waals surface area (Å²) in [6, 6.07) is 0. The molecule has 16 heavy (non-hydrogen) atoms. The lowest BCUT2D eigenvalue weighted by molar-refractivity contribution is -0.183. The molecule has 1 unspecified atom stereocenters. The van der Waals surface area contributed by atoms with Crippen LogP contribution in [0.1, 0.15) is 47.5 Å². The molecule has 0 radical (unpaired) electrons. The maximum Gasteiger partial charge on any atom is 0.0760 e. The monoisotopic (exact) mass is 229 g/mol. The first-order chi connectivity index (χ1) is 7.24. The van der Waals surface area contributed by atoms with E-state index in [0.29, 0.717) is 0 Å². The van der Waals surface area contributed by atoms with Gasteiger partial charge in [0.05, 0.1) is 17.3 Å². The van der Waals surface area contributed by atoms with Crippen molar-refractivity contribution in [3.05, 3.63) is 0 Å². The van der Waals surface area contributed by atoms with Crippen molar-refractivity contribution in [1.29, 1.82) is 0 Å². The molecule has 0 aliphatic carbocycles. The molecule has 0 aromatic carbocycles. The van der Waals surface area contributed by atoms with E-state index in [2.05, 4.69) is 39.5 Å². The normalized spacial score (nSPS) is 26.6. The van der Waals surface area contributed by atoms with Crippen LogP contribution in [0.3, 0.4) is 0 Å².